The number of terminal acetylenes is 1. The summed E-state index contributed by atoms with van der Waals surface area (Å²) < 4.78 is 11.2. The summed E-state index contributed by atoms with van der Waals surface area (Å²) in [4.78, 5) is 11.9. The van der Waals surface area contributed by atoms with Crippen molar-refractivity contribution in [3.05, 3.63) is 24.3 Å². The van der Waals surface area contributed by atoms with Gasteiger partial charge in [-0.1, -0.05) is 5.23 Å². The number of aliphatic hydroxyl groups is 2. The van der Waals surface area contributed by atoms with Crippen molar-refractivity contribution in [3.8, 4) is 18.1 Å². The average Bonchev–Trinajstić information content (AvgIpc) is 2.71. The largest absolute Gasteiger partial charge is 0.462 e. The highest BCUT2D eigenvalue weighted by molar-refractivity contribution is 5.89. The Balaban J connectivity index is 1.82. The molecule has 1 aromatic rings. The van der Waals surface area contributed by atoms with Gasteiger partial charge < -0.3 is 30.3 Å². The van der Waals surface area contributed by atoms with E-state index < -0.39 is 24.6 Å². The quantitative estimate of drug-likeness (QED) is 0.188. The molecule has 10 nitrogen and oxygen atoms in total. The summed E-state index contributed by atoms with van der Waals surface area (Å²) in [6, 6.07) is 6.12. The molecule has 1 saturated heterocycles. The van der Waals surface area contributed by atoms with E-state index in [1.54, 1.807) is 24.3 Å². The van der Waals surface area contributed by atoms with E-state index in [0.717, 1.165) is 12.8 Å². The smallest absolute Gasteiger partial charge is 0.319 e. The summed E-state index contributed by atoms with van der Waals surface area (Å²) in [6.45, 7) is 0.450. The fourth-order valence-corrected chi connectivity index (χ4v) is 2.94. The SMILES string of the molecule is C#CCCCCNC(=O)Nc1ccc(OC2OC(CCN(O)O)CC(O)C2O)cc1. The van der Waals surface area contributed by atoms with E-state index in [1.165, 1.54) is 0 Å². The maximum absolute atomic E-state index is 11.9. The Morgan fingerprint density at radius 2 is 2.00 bits per heavy atom. The normalized spacial score (nSPS) is 23.6. The van der Waals surface area contributed by atoms with Gasteiger partial charge in [0.05, 0.1) is 18.8 Å². The second kappa shape index (κ2) is 12.3. The molecule has 0 spiro atoms. The Bertz CT molecular complexity index is 693. The van der Waals surface area contributed by atoms with Gasteiger partial charge in [0.25, 0.3) is 0 Å². The van der Waals surface area contributed by atoms with Crippen LogP contribution in [0.25, 0.3) is 0 Å². The number of hydrogen-bond donors (Lipinski definition) is 6. The second-order valence-electron chi connectivity index (χ2n) is 6.99. The Hall–Kier alpha value is -2.39. The molecule has 4 atom stereocenters. The third-order valence-electron chi connectivity index (χ3n) is 4.55. The molecule has 2 amide bonds. The number of unbranched alkanes of at least 4 members (excludes halogenated alkanes) is 2. The molecule has 2 rings (SSSR count). The van der Waals surface area contributed by atoms with Crippen LogP contribution in [-0.4, -0.2) is 69.6 Å². The van der Waals surface area contributed by atoms with Gasteiger partial charge in [0.15, 0.2) is 0 Å². The van der Waals surface area contributed by atoms with Crippen LogP contribution in [-0.2, 0) is 4.74 Å². The molecule has 1 fully saturated rings. The van der Waals surface area contributed by atoms with Gasteiger partial charge in [-0.25, -0.2) is 4.79 Å². The minimum Gasteiger partial charge on any atom is -0.462 e. The average molecular weight is 423 g/mol. The molecule has 4 unspecified atom stereocenters. The molecule has 0 aliphatic carbocycles. The molecule has 1 aliphatic rings. The van der Waals surface area contributed by atoms with Crippen LogP contribution in [0.2, 0.25) is 0 Å². The fourth-order valence-electron chi connectivity index (χ4n) is 2.94. The van der Waals surface area contributed by atoms with E-state index in [9.17, 15) is 15.0 Å². The number of amides is 2. The Labute approximate surface area is 175 Å². The number of rotatable bonds is 10. The predicted molar refractivity (Wildman–Crippen MR) is 107 cm³/mol. The van der Waals surface area contributed by atoms with Crippen LogP contribution in [0.1, 0.15) is 32.1 Å². The van der Waals surface area contributed by atoms with Crippen LogP contribution >= 0.6 is 0 Å². The number of hydroxylamine groups is 2. The molecule has 166 valence electrons. The molecule has 0 radical (unpaired) electrons. The Kier molecular flexibility index (Phi) is 9.82. The first-order chi connectivity index (χ1) is 14.4. The van der Waals surface area contributed by atoms with Crippen LogP contribution in [0.5, 0.6) is 5.75 Å². The fraction of sp³-hybridized carbons (Fsp3) is 0.550. The lowest BCUT2D eigenvalue weighted by Gasteiger charge is -2.37. The Morgan fingerprint density at radius 1 is 1.27 bits per heavy atom. The van der Waals surface area contributed by atoms with Gasteiger partial charge in [0, 0.05) is 25.1 Å². The third-order valence-corrected chi connectivity index (χ3v) is 4.55. The van der Waals surface area contributed by atoms with E-state index in [2.05, 4.69) is 16.6 Å². The predicted octanol–water partition coefficient (Wildman–Crippen LogP) is 1.30. The van der Waals surface area contributed by atoms with Crippen molar-refractivity contribution in [3.63, 3.8) is 0 Å². The van der Waals surface area contributed by atoms with E-state index >= 15 is 0 Å². The van der Waals surface area contributed by atoms with E-state index in [0.29, 0.717) is 24.4 Å². The second-order valence-corrected chi connectivity index (χ2v) is 6.99. The van der Waals surface area contributed by atoms with Gasteiger partial charge >= 0.3 is 6.03 Å². The van der Waals surface area contributed by atoms with Crippen LogP contribution in [0.15, 0.2) is 24.3 Å². The molecule has 10 heteroatoms. The molecule has 6 N–H and O–H groups in total. The lowest BCUT2D eigenvalue weighted by atomic mass is 10.0. The lowest BCUT2D eigenvalue weighted by molar-refractivity contribution is -0.312. The Morgan fingerprint density at radius 3 is 2.67 bits per heavy atom. The highest BCUT2D eigenvalue weighted by Gasteiger charge is 2.38. The number of anilines is 1. The number of hydrogen-bond acceptors (Lipinski definition) is 8. The number of carbonyl (C=O) groups excluding carboxylic acids is 1. The van der Waals surface area contributed by atoms with Crippen molar-refractivity contribution in [2.75, 3.05) is 18.4 Å². The standard InChI is InChI=1S/C20H29N3O7/c1-2-3-4-5-11-21-20(26)22-14-6-8-15(9-7-14)29-19-18(25)17(24)13-16(30-19)10-12-23(27)28/h1,6-9,16-19,24-25,27-28H,3-5,10-13H2,(H2,21,22,26). The van der Waals surface area contributed by atoms with Crippen molar-refractivity contribution < 1.29 is 34.9 Å². The molecule has 0 bridgehead atoms. The van der Waals surface area contributed by atoms with E-state index in [1.807, 2.05) is 0 Å². The number of urea groups is 1. The first-order valence-corrected chi connectivity index (χ1v) is 9.81. The molecule has 1 aromatic carbocycles. The summed E-state index contributed by atoms with van der Waals surface area (Å²) in [5.74, 6) is 2.92. The molecule has 1 aliphatic heterocycles. The van der Waals surface area contributed by atoms with Crippen LogP contribution in [0.3, 0.4) is 0 Å². The lowest BCUT2D eigenvalue weighted by Crippen LogP contribution is -2.51. The van der Waals surface area contributed by atoms with Crippen molar-refractivity contribution in [2.45, 2.75) is 56.7 Å². The molecule has 30 heavy (non-hydrogen) atoms. The summed E-state index contributed by atoms with van der Waals surface area (Å²) in [5.41, 5.74) is 0.553. The topological polar surface area (TPSA) is 144 Å². The summed E-state index contributed by atoms with van der Waals surface area (Å²) in [7, 11) is 0. The highest BCUT2D eigenvalue weighted by Crippen LogP contribution is 2.26. The van der Waals surface area contributed by atoms with Gasteiger partial charge in [0.1, 0.15) is 11.9 Å². The van der Waals surface area contributed by atoms with Crippen LogP contribution in [0.4, 0.5) is 10.5 Å². The molecule has 0 aromatic heterocycles. The molecule has 0 saturated carbocycles. The minimum atomic E-state index is -1.25. The maximum atomic E-state index is 11.9. The van der Waals surface area contributed by atoms with Crippen LogP contribution < -0.4 is 15.4 Å². The summed E-state index contributed by atoms with van der Waals surface area (Å²) in [5, 5.41) is 43.2. The number of nitrogens with one attached hydrogen (secondary N) is 2. The zero-order valence-electron chi connectivity index (χ0n) is 16.6. The first kappa shape index (κ1) is 23.9. The van der Waals surface area contributed by atoms with E-state index in [-0.39, 0.29) is 30.6 Å². The number of aliphatic hydroxyl groups excluding tert-OH is 2. The molecule has 1 heterocycles. The zero-order valence-corrected chi connectivity index (χ0v) is 16.6. The zero-order chi connectivity index (χ0) is 21.9. The monoisotopic (exact) mass is 423 g/mol. The number of ether oxygens (including phenoxy) is 2. The number of benzene rings is 1. The molecular weight excluding hydrogens is 394 g/mol. The third kappa shape index (κ3) is 8.16. The van der Waals surface area contributed by atoms with Gasteiger partial charge in [-0.05, 0) is 43.5 Å². The van der Waals surface area contributed by atoms with Gasteiger partial charge in [-0.2, -0.15) is 0 Å². The van der Waals surface area contributed by atoms with Gasteiger partial charge in [-0.3, -0.25) is 10.4 Å². The van der Waals surface area contributed by atoms with Gasteiger partial charge in [-0.15, -0.1) is 12.3 Å². The maximum Gasteiger partial charge on any atom is 0.319 e. The van der Waals surface area contributed by atoms with Crippen molar-refractivity contribution >= 4 is 11.7 Å². The van der Waals surface area contributed by atoms with Crippen molar-refractivity contribution in [1.82, 2.24) is 10.5 Å². The van der Waals surface area contributed by atoms with Crippen molar-refractivity contribution in [1.29, 1.82) is 0 Å². The number of nitrogens with zero attached hydrogens (tertiary/aromatic N) is 1. The number of carbonyl (C=O) groups is 1. The van der Waals surface area contributed by atoms with E-state index in [4.69, 9.17) is 26.3 Å². The summed E-state index contributed by atoms with van der Waals surface area (Å²) >= 11 is 0. The van der Waals surface area contributed by atoms with Crippen LogP contribution in [0, 0.1) is 12.3 Å². The van der Waals surface area contributed by atoms with Crippen molar-refractivity contribution in [2.24, 2.45) is 0 Å². The molecular formula is C20H29N3O7. The first-order valence-electron chi connectivity index (χ1n) is 9.81. The summed E-state index contributed by atoms with van der Waals surface area (Å²) in [6.07, 6.45) is 3.95. The minimum absolute atomic E-state index is 0.0376. The highest BCUT2D eigenvalue weighted by atomic mass is 16.8. The van der Waals surface area contributed by atoms with Gasteiger partial charge in [0.2, 0.25) is 6.29 Å².